The molecule has 7 heteroatoms. The lowest BCUT2D eigenvalue weighted by atomic mass is 9.91. The second-order valence-corrected chi connectivity index (χ2v) is 6.75. The standard InChI is InChI=1S/C15H21N3O4/c1-15(2)9-18(14(20)21-10-15)11-4-7-17(8-5-11)13(19)12-3-6-16-22-12/h3,6,11H,4-5,7-10H2,1-2H3. The highest BCUT2D eigenvalue weighted by molar-refractivity contribution is 5.91. The number of hydrogen-bond donors (Lipinski definition) is 0. The first-order chi connectivity index (χ1) is 10.5. The summed E-state index contributed by atoms with van der Waals surface area (Å²) in [6.07, 6.45) is 2.74. The minimum absolute atomic E-state index is 0.0271. The summed E-state index contributed by atoms with van der Waals surface area (Å²) >= 11 is 0. The van der Waals surface area contributed by atoms with Crippen LogP contribution in [0.5, 0.6) is 0 Å². The van der Waals surface area contributed by atoms with Gasteiger partial charge >= 0.3 is 6.09 Å². The van der Waals surface area contributed by atoms with Gasteiger partial charge in [0.15, 0.2) is 0 Å². The second kappa shape index (κ2) is 5.62. The van der Waals surface area contributed by atoms with Crippen LogP contribution in [0.4, 0.5) is 4.79 Å². The number of aromatic nitrogens is 1. The first-order valence-electron chi connectivity index (χ1n) is 7.60. The average molecular weight is 307 g/mol. The molecule has 0 aliphatic carbocycles. The van der Waals surface area contributed by atoms with Gasteiger partial charge < -0.3 is 19.1 Å². The molecule has 3 heterocycles. The van der Waals surface area contributed by atoms with E-state index in [-0.39, 0.29) is 29.2 Å². The van der Waals surface area contributed by atoms with Crippen LogP contribution in [0.1, 0.15) is 37.2 Å². The Morgan fingerprint density at radius 2 is 2.09 bits per heavy atom. The maximum Gasteiger partial charge on any atom is 0.410 e. The van der Waals surface area contributed by atoms with Crippen molar-refractivity contribution in [2.75, 3.05) is 26.2 Å². The highest BCUT2D eigenvalue weighted by Crippen LogP contribution is 2.28. The molecule has 120 valence electrons. The van der Waals surface area contributed by atoms with E-state index in [1.54, 1.807) is 11.0 Å². The number of amides is 2. The molecule has 0 saturated carbocycles. The molecule has 0 bridgehead atoms. The van der Waals surface area contributed by atoms with Gasteiger partial charge in [0.1, 0.15) is 0 Å². The smallest absolute Gasteiger partial charge is 0.410 e. The van der Waals surface area contributed by atoms with Crippen molar-refractivity contribution in [1.82, 2.24) is 15.0 Å². The summed E-state index contributed by atoms with van der Waals surface area (Å²) in [5, 5.41) is 3.56. The number of likely N-dealkylation sites (tertiary alicyclic amines) is 1. The van der Waals surface area contributed by atoms with Crippen LogP contribution < -0.4 is 0 Å². The normalized spacial score (nSPS) is 22.5. The maximum absolute atomic E-state index is 12.2. The van der Waals surface area contributed by atoms with Gasteiger partial charge in [0, 0.05) is 37.2 Å². The Labute approximate surface area is 129 Å². The summed E-state index contributed by atoms with van der Waals surface area (Å²) in [7, 11) is 0. The molecule has 2 fully saturated rings. The lowest BCUT2D eigenvalue weighted by molar-refractivity contribution is -0.0155. The minimum atomic E-state index is -0.237. The monoisotopic (exact) mass is 307 g/mol. The average Bonchev–Trinajstić information content (AvgIpc) is 3.03. The van der Waals surface area contributed by atoms with Crippen molar-refractivity contribution >= 4 is 12.0 Å². The van der Waals surface area contributed by atoms with Crippen LogP contribution in [-0.2, 0) is 4.74 Å². The summed E-state index contributed by atoms with van der Waals surface area (Å²) in [6, 6.07) is 1.70. The van der Waals surface area contributed by atoms with Crippen molar-refractivity contribution < 1.29 is 18.8 Å². The van der Waals surface area contributed by atoms with Crippen molar-refractivity contribution in [1.29, 1.82) is 0 Å². The molecule has 3 rings (SSSR count). The van der Waals surface area contributed by atoms with E-state index in [0.717, 1.165) is 12.8 Å². The van der Waals surface area contributed by atoms with Gasteiger partial charge in [0.2, 0.25) is 5.76 Å². The molecule has 2 aliphatic rings. The van der Waals surface area contributed by atoms with Gasteiger partial charge in [-0.25, -0.2) is 4.79 Å². The quantitative estimate of drug-likeness (QED) is 0.832. The van der Waals surface area contributed by atoms with Crippen LogP contribution in [0.25, 0.3) is 0 Å². The number of rotatable bonds is 2. The van der Waals surface area contributed by atoms with Crippen molar-refractivity contribution in [3.63, 3.8) is 0 Å². The maximum atomic E-state index is 12.2. The molecule has 1 aromatic rings. The molecule has 0 unspecified atom stereocenters. The number of carbonyl (C=O) groups is 2. The van der Waals surface area contributed by atoms with Gasteiger partial charge in [-0.1, -0.05) is 19.0 Å². The summed E-state index contributed by atoms with van der Waals surface area (Å²) in [6.45, 7) is 6.56. The molecule has 2 saturated heterocycles. The predicted molar refractivity (Wildman–Crippen MR) is 77.3 cm³/mol. The molecular formula is C15H21N3O4. The van der Waals surface area contributed by atoms with Crippen molar-refractivity contribution in [2.24, 2.45) is 5.41 Å². The van der Waals surface area contributed by atoms with Crippen LogP contribution >= 0.6 is 0 Å². The zero-order chi connectivity index (χ0) is 15.7. The summed E-state index contributed by atoms with van der Waals surface area (Å²) in [4.78, 5) is 27.7. The zero-order valence-electron chi connectivity index (χ0n) is 12.9. The fourth-order valence-corrected chi connectivity index (χ4v) is 3.05. The summed E-state index contributed by atoms with van der Waals surface area (Å²) < 4.78 is 10.2. The topological polar surface area (TPSA) is 75.9 Å². The first-order valence-corrected chi connectivity index (χ1v) is 7.60. The number of nitrogens with zero attached hydrogens (tertiary/aromatic N) is 3. The van der Waals surface area contributed by atoms with Gasteiger partial charge in [-0.05, 0) is 12.8 Å². The molecule has 0 aromatic carbocycles. The molecule has 0 radical (unpaired) electrons. The highest BCUT2D eigenvalue weighted by Gasteiger charge is 2.38. The van der Waals surface area contributed by atoms with Crippen LogP contribution in [0, 0.1) is 5.41 Å². The molecule has 2 amide bonds. The number of ether oxygens (including phenoxy) is 1. The Kier molecular flexibility index (Phi) is 3.80. The lowest BCUT2D eigenvalue weighted by Gasteiger charge is -2.44. The molecule has 0 atom stereocenters. The molecule has 0 N–H and O–H groups in total. The molecular weight excluding hydrogens is 286 g/mol. The van der Waals surface area contributed by atoms with E-state index in [0.29, 0.717) is 26.2 Å². The van der Waals surface area contributed by atoms with Gasteiger partial charge in [-0.2, -0.15) is 0 Å². The van der Waals surface area contributed by atoms with Gasteiger partial charge in [0.25, 0.3) is 5.91 Å². The first kappa shape index (κ1) is 14.9. The van der Waals surface area contributed by atoms with Crippen LogP contribution in [0.2, 0.25) is 0 Å². The Balaban J connectivity index is 1.59. The Morgan fingerprint density at radius 3 is 2.73 bits per heavy atom. The third-order valence-corrected chi connectivity index (χ3v) is 4.26. The van der Waals surface area contributed by atoms with E-state index < -0.39 is 0 Å². The molecule has 1 aromatic heterocycles. The zero-order valence-corrected chi connectivity index (χ0v) is 12.9. The highest BCUT2D eigenvalue weighted by atomic mass is 16.6. The fraction of sp³-hybridized carbons (Fsp3) is 0.667. The predicted octanol–water partition coefficient (Wildman–Crippen LogP) is 1.76. The number of hydrogen-bond acceptors (Lipinski definition) is 5. The fourth-order valence-electron chi connectivity index (χ4n) is 3.05. The van der Waals surface area contributed by atoms with Crippen molar-refractivity contribution in [3.05, 3.63) is 18.0 Å². The van der Waals surface area contributed by atoms with Crippen molar-refractivity contribution in [2.45, 2.75) is 32.7 Å². The number of carbonyl (C=O) groups excluding carboxylic acids is 2. The second-order valence-electron chi connectivity index (χ2n) is 6.75. The van der Waals surface area contributed by atoms with E-state index in [2.05, 4.69) is 19.0 Å². The molecule has 2 aliphatic heterocycles. The Morgan fingerprint density at radius 1 is 1.36 bits per heavy atom. The van der Waals surface area contributed by atoms with E-state index >= 15 is 0 Å². The summed E-state index contributed by atoms with van der Waals surface area (Å²) in [5.74, 6) is 0.120. The third kappa shape index (κ3) is 2.93. The lowest BCUT2D eigenvalue weighted by Crippen LogP contribution is -2.55. The van der Waals surface area contributed by atoms with E-state index in [4.69, 9.17) is 9.26 Å². The molecule has 22 heavy (non-hydrogen) atoms. The van der Waals surface area contributed by atoms with Crippen LogP contribution in [0.15, 0.2) is 16.8 Å². The van der Waals surface area contributed by atoms with E-state index in [1.807, 2.05) is 4.90 Å². The summed E-state index contributed by atoms with van der Waals surface area (Å²) in [5.41, 5.74) is -0.0271. The third-order valence-electron chi connectivity index (χ3n) is 4.26. The number of piperidine rings is 1. The largest absolute Gasteiger partial charge is 0.449 e. The molecule has 0 spiro atoms. The van der Waals surface area contributed by atoms with Gasteiger partial charge in [-0.3, -0.25) is 4.79 Å². The number of cyclic esters (lactones) is 1. The van der Waals surface area contributed by atoms with Gasteiger partial charge in [0.05, 0.1) is 12.8 Å². The minimum Gasteiger partial charge on any atom is -0.449 e. The van der Waals surface area contributed by atoms with Crippen LogP contribution in [-0.4, -0.2) is 59.2 Å². The Bertz CT molecular complexity index is 547. The Hall–Kier alpha value is -2.05. The van der Waals surface area contributed by atoms with E-state index in [1.165, 1.54) is 6.20 Å². The molecule has 7 nitrogen and oxygen atoms in total. The van der Waals surface area contributed by atoms with Gasteiger partial charge in [-0.15, -0.1) is 0 Å². The van der Waals surface area contributed by atoms with E-state index in [9.17, 15) is 9.59 Å². The van der Waals surface area contributed by atoms with Crippen LogP contribution in [0.3, 0.4) is 0 Å². The SMILES string of the molecule is CC1(C)COC(=O)N(C2CCN(C(=O)c3ccno3)CC2)C1. The van der Waals surface area contributed by atoms with Crippen molar-refractivity contribution in [3.8, 4) is 0 Å².